The van der Waals surface area contributed by atoms with Gasteiger partial charge in [0.15, 0.2) is 6.61 Å². The van der Waals surface area contributed by atoms with Gasteiger partial charge in [-0.1, -0.05) is 0 Å². The monoisotopic (exact) mass is 240 g/mol. The zero-order valence-corrected chi connectivity index (χ0v) is 9.10. The first kappa shape index (κ1) is 12.8. The lowest BCUT2D eigenvalue weighted by Crippen LogP contribution is -2.27. The molecule has 0 aliphatic heterocycles. The van der Waals surface area contributed by atoms with Crippen LogP contribution in [0.25, 0.3) is 0 Å². The number of methoxy groups -OCH3 is 1. The Morgan fingerprint density at radius 1 is 1.47 bits per heavy atom. The third-order valence-electron chi connectivity index (χ3n) is 1.87. The van der Waals surface area contributed by atoms with E-state index in [9.17, 15) is 9.59 Å². The van der Waals surface area contributed by atoms with Gasteiger partial charge in [0, 0.05) is 5.69 Å². The van der Waals surface area contributed by atoms with Gasteiger partial charge in [-0.2, -0.15) is 0 Å². The minimum absolute atomic E-state index is 0.148. The average Bonchev–Trinajstić information content (AvgIpc) is 2.29. The summed E-state index contributed by atoms with van der Waals surface area (Å²) >= 11 is 0. The second-order valence-corrected chi connectivity index (χ2v) is 3.07. The van der Waals surface area contributed by atoms with Crippen LogP contribution in [-0.2, 0) is 9.63 Å². The molecule has 0 heterocycles. The summed E-state index contributed by atoms with van der Waals surface area (Å²) in [5.41, 5.74) is 7.94. The summed E-state index contributed by atoms with van der Waals surface area (Å²) in [6.07, 6.45) is 0. The Morgan fingerprint density at radius 2 is 2.18 bits per heavy atom. The van der Waals surface area contributed by atoms with Gasteiger partial charge in [-0.25, -0.2) is 10.3 Å². The Kier molecular flexibility index (Phi) is 4.29. The van der Waals surface area contributed by atoms with Crippen LogP contribution in [0.15, 0.2) is 18.2 Å². The lowest BCUT2D eigenvalue weighted by Gasteiger charge is -2.08. The number of amides is 1. The highest BCUT2D eigenvalue weighted by molar-refractivity contribution is 5.99. The van der Waals surface area contributed by atoms with Crippen molar-refractivity contribution in [2.75, 3.05) is 19.5 Å². The molecule has 0 bridgehead atoms. The molecule has 0 radical (unpaired) electrons. The third kappa shape index (κ3) is 3.65. The van der Waals surface area contributed by atoms with E-state index in [1.165, 1.54) is 19.2 Å². The Morgan fingerprint density at radius 3 is 2.76 bits per heavy atom. The minimum Gasteiger partial charge on any atom is -0.497 e. The van der Waals surface area contributed by atoms with Crippen LogP contribution in [-0.4, -0.2) is 30.7 Å². The normalized spacial score (nSPS) is 9.71. The molecule has 4 N–H and O–H groups in total. The predicted octanol–water partition coefficient (Wildman–Crippen LogP) is 0.0234. The number of nitrogens with one attached hydrogen (secondary N) is 1. The highest BCUT2D eigenvalue weighted by Crippen LogP contribution is 2.19. The molecule has 1 amide bonds. The van der Waals surface area contributed by atoms with Gasteiger partial charge in [0.2, 0.25) is 0 Å². The SMILES string of the molecule is COc1ccc(N)c(C(=O)NOCC(=O)O)c1. The van der Waals surface area contributed by atoms with Crippen LogP contribution in [0.1, 0.15) is 10.4 Å². The number of nitrogens with two attached hydrogens (primary N) is 1. The van der Waals surface area contributed by atoms with Crippen LogP contribution >= 0.6 is 0 Å². The summed E-state index contributed by atoms with van der Waals surface area (Å²) < 4.78 is 4.93. The standard InChI is InChI=1S/C10H12N2O5/c1-16-6-2-3-8(11)7(4-6)10(15)12-17-5-9(13)14/h2-4H,5,11H2,1H3,(H,12,15)(H,13,14). The molecule has 1 rings (SSSR count). The van der Waals surface area contributed by atoms with Crippen molar-refractivity contribution in [2.45, 2.75) is 0 Å². The van der Waals surface area contributed by atoms with E-state index in [2.05, 4.69) is 4.84 Å². The van der Waals surface area contributed by atoms with Gasteiger partial charge >= 0.3 is 5.97 Å². The summed E-state index contributed by atoms with van der Waals surface area (Å²) in [5, 5.41) is 8.31. The molecular formula is C10H12N2O5. The van der Waals surface area contributed by atoms with Crippen LogP contribution in [0.4, 0.5) is 5.69 Å². The second kappa shape index (κ2) is 5.71. The Labute approximate surface area is 97.1 Å². The van der Waals surface area contributed by atoms with Crippen molar-refractivity contribution >= 4 is 17.6 Å². The number of anilines is 1. The minimum atomic E-state index is -1.19. The molecule has 92 valence electrons. The fourth-order valence-corrected chi connectivity index (χ4v) is 1.08. The topological polar surface area (TPSA) is 111 Å². The molecule has 0 saturated carbocycles. The molecule has 0 unspecified atom stereocenters. The lowest BCUT2D eigenvalue weighted by atomic mass is 10.1. The fraction of sp³-hybridized carbons (Fsp3) is 0.200. The highest BCUT2D eigenvalue weighted by Gasteiger charge is 2.11. The predicted molar refractivity (Wildman–Crippen MR) is 58.5 cm³/mol. The van der Waals surface area contributed by atoms with Gasteiger partial charge < -0.3 is 15.6 Å². The summed E-state index contributed by atoms with van der Waals surface area (Å²) in [7, 11) is 1.45. The Bertz CT molecular complexity index is 433. The fourth-order valence-electron chi connectivity index (χ4n) is 1.08. The van der Waals surface area contributed by atoms with E-state index in [-0.39, 0.29) is 11.3 Å². The zero-order chi connectivity index (χ0) is 12.8. The van der Waals surface area contributed by atoms with Crippen LogP contribution in [0.5, 0.6) is 5.75 Å². The molecule has 7 heteroatoms. The van der Waals surface area contributed by atoms with Crippen molar-refractivity contribution in [1.29, 1.82) is 0 Å². The summed E-state index contributed by atoms with van der Waals surface area (Å²) in [4.78, 5) is 26.2. The maximum Gasteiger partial charge on any atom is 0.332 e. The van der Waals surface area contributed by atoms with Gasteiger partial charge in [-0.15, -0.1) is 0 Å². The second-order valence-electron chi connectivity index (χ2n) is 3.07. The molecule has 17 heavy (non-hydrogen) atoms. The van der Waals surface area contributed by atoms with E-state index < -0.39 is 18.5 Å². The van der Waals surface area contributed by atoms with Crippen LogP contribution < -0.4 is 16.0 Å². The summed E-state index contributed by atoms with van der Waals surface area (Å²) in [5.74, 6) is -1.37. The summed E-state index contributed by atoms with van der Waals surface area (Å²) in [6, 6.07) is 4.53. The number of ether oxygens (including phenoxy) is 1. The Balaban J connectivity index is 2.70. The molecule has 0 fully saturated rings. The van der Waals surface area contributed by atoms with Crippen LogP contribution in [0.2, 0.25) is 0 Å². The third-order valence-corrected chi connectivity index (χ3v) is 1.87. The van der Waals surface area contributed by atoms with E-state index >= 15 is 0 Å². The number of aliphatic carboxylic acids is 1. The maximum absolute atomic E-state index is 11.6. The maximum atomic E-state index is 11.6. The first-order valence-corrected chi connectivity index (χ1v) is 4.62. The molecular weight excluding hydrogens is 228 g/mol. The number of carbonyl (C=O) groups is 2. The number of nitrogen functional groups attached to an aromatic ring is 1. The van der Waals surface area contributed by atoms with E-state index in [0.29, 0.717) is 5.75 Å². The van der Waals surface area contributed by atoms with Crippen molar-refractivity contribution in [3.05, 3.63) is 23.8 Å². The number of benzene rings is 1. The van der Waals surface area contributed by atoms with Crippen molar-refractivity contribution in [3.8, 4) is 5.75 Å². The van der Waals surface area contributed by atoms with E-state index in [0.717, 1.165) is 0 Å². The number of rotatable bonds is 5. The van der Waals surface area contributed by atoms with Gasteiger partial charge in [0.05, 0.1) is 12.7 Å². The molecule has 0 spiro atoms. The van der Waals surface area contributed by atoms with Crippen molar-refractivity contribution in [3.63, 3.8) is 0 Å². The molecule has 0 aromatic heterocycles. The highest BCUT2D eigenvalue weighted by atomic mass is 16.7. The molecule has 7 nitrogen and oxygen atoms in total. The van der Waals surface area contributed by atoms with Gasteiger partial charge in [-0.3, -0.25) is 9.63 Å². The van der Waals surface area contributed by atoms with Gasteiger partial charge in [0.25, 0.3) is 5.91 Å². The average molecular weight is 240 g/mol. The summed E-state index contributed by atoms with van der Waals surface area (Å²) in [6.45, 7) is -0.629. The molecule has 0 saturated heterocycles. The lowest BCUT2D eigenvalue weighted by molar-refractivity contribution is -0.144. The smallest absolute Gasteiger partial charge is 0.332 e. The number of carbonyl (C=O) groups excluding carboxylic acids is 1. The van der Waals surface area contributed by atoms with E-state index in [1.54, 1.807) is 6.07 Å². The van der Waals surface area contributed by atoms with E-state index in [1.807, 2.05) is 5.48 Å². The number of hydroxylamine groups is 1. The van der Waals surface area contributed by atoms with Crippen LogP contribution in [0, 0.1) is 0 Å². The van der Waals surface area contributed by atoms with E-state index in [4.69, 9.17) is 15.6 Å². The Hall–Kier alpha value is -2.28. The number of hydrogen-bond acceptors (Lipinski definition) is 5. The number of carboxylic acids is 1. The first-order valence-electron chi connectivity index (χ1n) is 4.62. The molecule has 0 aliphatic carbocycles. The van der Waals surface area contributed by atoms with Gasteiger partial charge in [-0.05, 0) is 18.2 Å². The van der Waals surface area contributed by atoms with Gasteiger partial charge in [0.1, 0.15) is 5.75 Å². The zero-order valence-electron chi connectivity index (χ0n) is 9.10. The molecule has 1 aromatic rings. The number of carboxylic acid groups (broad SMARTS) is 1. The van der Waals surface area contributed by atoms with Crippen molar-refractivity contribution in [1.82, 2.24) is 5.48 Å². The number of hydrogen-bond donors (Lipinski definition) is 3. The van der Waals surface area contributed by atoms with Crippen molar-refractivity contribution < 1.29 is 24.3 Å². The largest absolute Gasteiger partial charge is 0.497 e. The molecule has 0 aliphatic rings. The van der Waals surface area contributed by atoms with Crippen LogP contribution in [0.3, 0.4) is 0 Å². The first-order chi connectivity index (χ1) is 8.04. The van der Waals surface area contributed by atoms with Crippen molar-refractivity contribution in [2.24, 2.45) is 0 Å². The molecule has 1 aromatic carbocycles. The molecule has 0 atom stereocenters. The quantitative estimate of drug-likeness (QED) is 0.494.